The number of ether oxygens (including phenoxy) is 1. The van der Waals surface area contributed by atoms with Crippen LogP contribution in [-0.2, 0) is 21.9 Å². The van der Waals surface area contributed by atoms with Crippen molar-refractivity contribution < 1.29 is 45.8 Å². The first-order valence-corrected chi connectivity index (χ1v) is 11.9. The van der Waals surface area contributed by atoms with Gasteiger partial charge in [0.1, 0.15) is 0 Å². The third-order valence-corrected chi connectivity index (χ3v) is 5.39. The van der Waals surface area contributed by atoms with E-state index in [2.05, 4.69) is 0 Å². The maximum absolute atomic E-state index is 13.0. The van der Waals surface area contributed by atoms with E-state index in [-0.39, 0.29) is 25.2 Å². The average Bonchev–Trinajstić information content (AvgIpc) is 2.74. The summed E-state index contributed by atoms with van der Waals surface area (Å²) in [6.45, 7) is 0.0560. The van der Waals surface area contributed by atoms with E-state index < -0.39 is 41.2 Å². The molecule has 0 aromatic heterocycles. The Bertz CT molecular complexity index is 780. The second kappa shape index (κ2) is 15.5. The van der Waals surface area contributed by atoms with Gasteiger partial charge in [-0.25, -0.2) is 4.79 Å². The summed E-state index contributed by atoms with van der Waals surface area (Å²) < 4.78 is 82.1. The fourth-order valence-electron chi connectivity index (χ4n) is 3.57. The summed E-state index contributed by atoms with van der Waals surface area (Å²) in [5, 5.41) is 10.6. The Hall–Kier alpha value is -2.46. The lowest BCUT2D eigenvalue weighted by Gasteiger charge is -2.16. The first kappa shape index (κ1) is 30.6. The number of carbonyl (C=O) groups is 2. The van der Waals surface area contributed by atoms with Gasteiger partial charge in [-0.1, -0.05) is 64.2 Å². The van der Waals surface area contributed by atoms with Crippen molar-refractivity contribution in [2.75, 3.05) is 11.9 Å². The summed E-state index contributed by atoms with van der Waals surface area (Å²) in [5.41, 5.74) is -4.13. The van der Waals surface area contributed by atoms with Crippen LogP contribution in [0.25, 0.3) is 0 Å². The number of nitrogens with one attached hydrogen (secondary N) is 1. The van der Waals surface area contributed by atoms with Crippen molar-refractivity contribution in [3.8, 4) is 0 Å². The summed E-state index contributed by atoms with van der Waals surface area (Å²) in [5.74, 6) is -0.749. The van der Waals surface area contributed by atoms with Gasteiger partial charge >= 0.3 is 24.4 Å². The van der Waals surface area contributed by atoms with E-state index >= 15 is 0 Å². The zero-order valence-corrected chi connectivity index (χ0v) is 19.6. The molecule has 35 heavy (non-hydrogen) atoms. The summed E-state index contributed by atoms with van der Waals surface area (Å²) in [6.07, 6.45) is 0.540. The first-order chi connectivity index (χ1) is 16.4. The van der Waals surface area contributed by atoms with Crippen LogP contribution in [0.15, 0.2) is 18.2 Å². The number of rotatable bonds is 16. The number of carboxylic acid groups (broad SMARTS) is 1. The van der Waals surface area contributed by atoms with Crippen LogP contribution in [0.1, 0.15) is 94.6 Å². The van der Waals surface area contributed by atoms with Crippen molar-refractivity contribution in [2.45, 2.75) is 95.8 Å². The van der Waals surface area contributed by atoms with Crippen LogP contribution in [0.5, 0.6) is 0 Å². The Kier molecular flexibility index (Phi) is 13.6. The van der Waals surface area contributed by atoms with E-state index in [1.165, 1.54) is 0 Å². The van der Waals surface area contributed by atoms with Gasteiger partial charge in [-0.15, -0.1) is 0 Å². The Morgan fingerprint density at radius 2 is 1.17 bits per heavy atom. The van der Waals surface area contributed by atoms with Gasteiger partial charge in [0.2, 0.25) is 0 Å². The van der Waals surface area contributed by atoms with Gasteiger partial charge < -0.3 is 9.84 Å². The predicted octanol–water partition coefficient (Wildman–Crippen LogP) is 8.43. The molecular formula is C24H33F6NO4. The van der Waals surface area contributed by atoms with Gasteiger partial charge in [0.05, 0.1) is 17.7 Å². The molecule has 1 aromatic rings. The normalized spacial score (nSPS) is 11.9. The van der Waals surface area contributed by atoms with E-state index in [1.807, 2.05) is 5.32 Å². The standard InChI is InChI=1S/C24H33F6NO4/c25-23(26,27)19-15-14-18(17-20(19)24(28,29)30)31-22(34)35-16-12-10-8-6-4-2-1-3-5-7-9-11-13-21(32)33/h14-15,17H,1-13,16H2,(H,31,34)(H,32,33). The van der Waals surface area contributed by atoms with Gasteiger partial charge in [0.15, 0.2) is 0 Å². The number of anilines is 1. The third-order valence-electron chi connectivity index (χ3n) is 5.39. The summed E-state index contributed by atoms with van der Waals surface area (Å²) >= 11 is 0. The molecule has 1 amide bonds. The highest BCUT2D eigenvalue weighted by atomic mass is 19.4. The molecule has 0 bridgehead atoms. The minimum Gasteiger partial charge on any atom is -0.481 e. The molecule has 0 aliphatic rings. The Labute approximate surface area is 201 Å². The number of benzene rings is 1. The molecule has 0 saturated heterocycles. The molecule has 0 saturated carbocycles. The smallest absolute Gasteiger partial charge is 0.417 e. The van der Waals surface area contributed by atoms with Crippen LogP contribution < -0.4 is 5.32 Å². The van der Waals surface area contributed by atoms with Gasteiger partial charge in [-0.3, -0.25) is 10.1 Å². The van der Waals surface area contributed by atoms with Crippen molar-refractivity contribution in [3.05, 3.63) is 29.3 Å². The molecular weight excluding hydrogens is 480 g/mol. The molecule has 1 aromatic carbocycles. The zero-order valence-electron chi connectivity index (χ0n) is 19.6. The lowest BCUT2D eigenvalue weighted by molar-refractivity contribution is -0.162. The van der Waals surface area contributed by atoms with Gasteiger partial charge in [0.25, 0.3) is 0 Å². The number of hydrogen-bond acceptors (Lipinski definition) is 3. The highest BCUT2D eigenvalue weighted by Gasteiger charge is 2.43. The minimum absolute atomic E-state index is 0.0560. The van der Waals surface area contributed by atoms with Crippen LogP contribution in [0.3, 0.4) is 0 Å². The highest BCUT2D eigenvalue weighted by molar-refractivity contribution is 5.84. The van der Waals surface area contributed by atoms with Crippen LogP contribution in [0.2, 0.25) is 0 Å². The number of unbranched alkanes of at least 4 members (excludes halogenated alkanes) is 11. The number of amides is 1. The van der Waals surface area contributed by atoms with Crippen molar-refractivity contribution in [3.63, 3.8) is 0 Å². The van der Waals surface area contributed by atoms with E-state index in [0.717, 1.165) is 76.7 Å². The topological polar surface area (TPSA) is 75.6 Å². The molecule has 2 N–H and O–H groups in total. The summed E-state index contributed by atoms with van der Waals surface area (Å²) in [6, 6.07) is 1.27. The van der Waals surface area contributed by atoms with Crippen molar-refractivity contribution in [2.24, 2.45) is 0 Å². The van der Waals surface area contributed by atoms with Gasteiger partial charge in [0, 0.05) is 12.1 Å². The molecule has 11 heteroatoms. The molecule has 5 nitrogen and oxygen atoms in total. The Morgan fingerprint density at radius 3 is 1.63 bits per heavy atom. The zero-order chi connectivity index (χ0) is 26.3. The molecule has 200 valence electrons. The number of carbonyl (C=O) groups excluding carboxylic acids is 1. The number of carboxylic acids is 1. The summed E-state index contributed by atoms with van der Waals surface area (Å²) in [4.78, 5) is 22.1. The molecule has 0 heterocycles. The van der Waals surface area contributed by atoms with Gasteiger partial charge in [-0.05, 0) is 31.0 Å². The quantitative estimate of drug-likeness (QED) is 0.172. The number of halogens is 6. The predicted molar refractivity (Wildman–Crippen MR) is 119 cm³/mol. The van der Waals surface area contributed by atoms with Crippen molar-refractivity contribution in [1.82, 2.24) is 0 Å². The lowest BCUT2D eigenvalue weighted by Crippen LogP contribution is -2.19. The first-order valence-electron chi connectivity index (χ1n) is 11.9. The largest absolute Gasteiger partial charge is 0.481 e. The lowest BCUT2D eigenvalue weighted by atomic mass is 10.0. The highest BCUT2D eigenvalue weighted by Crippen LogP contribution is 2.41. The monoisotopic (exact) mass is 513 g/mol. The van der Waals surface area contributed by atoms with E-state index in [0.29, 0.717) is 6.42 Å². The van der Waals surface area contributed by atoms with Crippen LogP contribution in [0.4, 0.5) is 36.8 Å². The third kappa shape index (κ3) is 13.9. The molecule has 0 fully saturated rings. The van der Waals surface area contributed by atoms with Crippen LogP contribution in [-0.4, -0.2) is 23.8 Å². The molecule has 0 spiro atoms. The maximum atomic E-state index is 13.0. The van der Waals surface area contributed by atoms with Crippen LogP contribution >= 0.6 is 0 Å². The number of aliphatic carboxylic acids is 1. The average molecular weight is 514 g/mol. The molecule has 0 unspecified atom stereocenters. The van der Waals surface area contributed by atoms with Crippen LogP contribution in [0, 0.1) is 0 Å². The van der Waals surface area contributed by atoms with E-state index in [1.54, 1.807) is 0 Å². The Morgan fingerprint density at radius 1 is 0.714 bits per heavy atom. The molecule has 0 aliphatic heterocycles. The number of alkyl halides is 6. The molecule has 1 rings (SSSR count). The molecule has 0 radical (unpaired) electrons. The second-order valence-electron chi connectivity index (χ2n) is 8.40. The minimum atomic E-state index is -5.23. The fourth-order valence-corrected chi connectivity index (χ4v) is 3.57. The van der Waals surface area contributed by atoms with E-state index in [4.69, 9.17) is 9.84 Å². The fraction of sp³-hybridized carbons (Fsp3) is 0.667. The molecule has 0 aliphatic carbocycles. The van der Waals surface area contributed by atoms with Crippen molar-refractivity contribution in [1.29, 1.82) is 0 Å². The SMILES string of the molecule is O=C(O)CCCCCCCCCCCCCCOC(=O)Nc1ccc(C(F)(F)F)c(C(F)(F)F)c1. The second-order valence-corrected chi connectivity index (χ2v) is 8.40. The van der Waals surface area contributed by atoms with Crippen molar-refractivity contribution >= 4 is 17.7 Å². The maximum Gasteiger partial charge on any atom is 0.417 e. The van der Waals surface area contributed by atoms with Gasteiger partial charge in [-0.2, -0.15) is 26.3 Å². The number of hydrogen-bond donors (Lipinski definition) is 2. The summed E-state index contributed by atoms with van der Waals surface area (Å²) in [7, 11) is 0. The Balaban J connectivity index is 2.13. The molecule has 0 atom stereocenters. The van der Waals surface area contributed by atoms with E-state index in [9.17, 15) is 35.9 Å².